The lowest BCUT2D eigenvalue weighted by Crippen LogP contribution is -2.28. The smallest absolute Gasteiger partial charge is 0.240 e. The Kier molecular flexibility index (Phi) is 5.78. The maximum Gasteiger partial charge on any atom is 0.240 e. The molecule has 0 aliphatic carbocycles. The van der Waals surface area contributed by atoms with Crippen LogP contribution >= 0.6 is 0 Å². The molecule has 1 aromatic rings. The number of nitrogens with zero attached hydrogens (tertiary/aromatic N) is 1. The molecule has 108 valence electrons. The summed E-state index contributed by atoms with van der Waals surface area (Å²) in [6.07, 6.45) is 0. The van der Waals surface area contributed by atoms with Crippen molar-refractivity contribution in [1.29, 1.82) is 0 Å². The van der Waals surface area contributed by atoms with Crippen molar-refractivity contribution in [3.63, 3.8) is 0 Å². The maximum absolute atomic E-state index is 11.8. The lowest BCUT2D eigenvalue weighted by atomic mass is 10.1. The first-order chi connectivity index (χ1) is 8.90. The molecule has 0 saturated carbocycles. The van der Waals surface area contributed by atoms with Gasteiger partial charge in [0.2, 0.25) is 10.0 Å². The van der Waals surface area contributed by atoms with Gasteiger partial charge in [-0.1, -0.05) is 13.8 Å². The molecule has 0 radical (unpaired) electrons. The summed E-state index contributed by atoms with van der Waals surface area (Å²) in [4.78, 5) is 2.36. The van der Waals surface area contributed by atoms with Crippen LogP contribution in [0.4, 0.5) is 5.69 Å². The van der Waals surface area contributed by atoms with Crippen molar-refractivity contribution in [2.24, 2.45) is 11.7 Å². The number of anilines is 1. The zero-order chi connectivity index (χ0) is 14.5. The zero-order valence-corrected chi connectivity index (χ0v) is 12.6. The van der Waals surface area contributed by atoms with Gasteiger partial charge in [-0.05, 0) is 36.7 Å². The van der Waals surface area contributed by atoms with Crippen LogP contribution in [0.25, 0.3) is 0 Å². The number of rotatable bonds is 7. The van der Waals surface area contributed by atoms with E-state index in [2.05, 4.69) is 16.5 Å². The van der Waals surface area contributed by atoms with Crippen LogP contribution in [-0.4, -0.2) is 35.1 Å². The molecule has 0 aromatic heterocycles. The van der Waals surface area contributed by atoms with Crippen LogP contribution in [-0.2, 0) is 10.0 Å². The summed E-state index contributed by atoms with van der Waals surface area (Å²) < 4.78 is 26.1. The van der Waals surface area contributed by atoms with Crippen molar-refractivity contribution in [2.45, 2.75) is 18.7 Å². The fourth-order valence-electron chi connectivity index (χ4n) is 1.80. The number of sulfonamides is 1. The fraction of sp³-hybridized carbons (Fsp3) is 0.538. The Morgan fingerprint density at radius 1 is 1.32 bits per heavy atom. The van der Waals surface area contributed by atoms with E-state index in [1.807, 2.05) is 19.2 Å². The minimum absolute atomic E-state index is 0.290. The zero-order valence-electron chi connectivity index (χ0n) is 11.8. The highest BCUT2D eigenvalue weighted by molar-refractivity contribution is 7.89. The van der Waals surface area contributed by atoms with E-state index in [4.69, 9.17) is 5.73 Å². The third kappa shape index (κ3) is 4.49. The molecule has 0 amide bonds. The lowest BCUT2D eigenvalue weighted by molar-refractivity contribution is 0.583. The molecule has 0 aliphatic rings. The van der Waals surface area contributed by atoms with Crippen molar-refractivity contribution in [3.8, 4) is 0 Å². The number of hydrogen-bond donors (Lipinski definition) is 2. The molecule has 0 fully saturated rings. The van der Waals surface area contributed by atoms with Crippen LogP contribution in [0.15, 0.2) is 29.2 Å². The Hall–Kier alpha value is -1.11. The van der Waals surface area contributed by atoms with Crippen LogP contribution in [0.2, 0.25) is 0 Å². The average Bonchev–Trinajstić information content (AvgIpc) is 2.38. The first-order valence-corrected chi connectivity index (χ1v) is 7.90. The first kappa shape index (κ1) is 15.9. The van der Waals surface area contributed by atoms with Crippen LogP contribution in [0.1, 0.15) is 13.8 Å². The molecule has 5 nitrogen and oxygen atoms in total. The number of hydrogen-bond acceptors (Lipinski definition) is 4. The molecule has 3 N–H and O–H groups in total. The van der Waals surface area contributed by atoms with Crippen molar-refractivity contribution >= 4 is 15.7 Å². The first-order valence-electron chi connectivity index (χ1n) is 6.41. The molecule has 1 unspecified atom stereocenters. The summed E-state index contributed by atoms with van der Waals surface area (Å²) >= 11 is 0. The predicted molar refractivity (Wildman–Crippen MR) is 78.8 cm³/mol. The molecule has 0 saturated heterocycles. The largest absolute Gasteiger partial charge is 0.374 e. The Labute approximate surface area is 115 Å². The molecule has 1 rings (SSSR count). The monoisotopic (exact) mass is 285 g/mol. The number of nitrogens with two attached hydrogens (primary N) is 1. The van der Waals surface area contributed by atoms with E-state index in [0.29, 0.717) is 23.9 Å². The van der Waals surface area contributed by atoms with E-state index in [0.717, 1.165) is 12.2 Å². The van der Waals surface area contributed by atoms with Crippen LogP contribution < -0.4 is 15.4 Å². The topological polar surface area (TPSA) is 75.4 Å². The normalized spacial score (nSPS) is 13.3. The summed E-state index contributed by atoms with van der Waals surface area (Å²) in [5.74, 6) is 0.398. The van der Waals surface area contributed by atoms with Gasteiger partial charge < -0.3 is 10.6 Å². The van der Waals surface area contributed by atoms with Gasteiger partial charge in [-0.25, -0.2) is 13.1 Å². The molecule has 1 atom stereocenters. The van der Waals surface area contributed by atoms with Crippen molar-refractivity contribution < 1.29 is 8.42 Å². The summed E-state index contributed by atoms with van der Waals surface area (Å²) in [7, 11) is -1.40. The molecule has 0 bridgehead atoms. The van der Waals surface area contributed by atoms with E-state index in [9.17, 15) is 8.42 Å². The van der Waals surface area contributed by atoms with E-state index >= 15 is 0 Å². The van der Waals surface area contributed by atoms with Crippen LogP contribution in [0, 0.1) is 5.92 Å². The third-order valence-corrected chi connectivity index (χ3v) is 4.47. The second-order valence-corrected chi connectivity index (χ2v) is 6.48. The standard InChI is InChI=1S/C13H23N3O2S/c1-4-15-19(17,18)13-7-5-12(6-8-13)16(3)10-11(2)9-14/h5-8,11,15H,4,9-10,14H2,1-3H3. The minimum Gasteiger partial charge on any atom is -0.374 e. The molecule has 0 heterocycles. The van der Waals surface area contributed by atoms with Gasteiger partial charge in [-0.3, -0.25) is 0 Å². The van der Waals surface area contributed by atoms with Crippen molar-refractivity contribution in [1.82, 2.24) is 4.72 Å². The molecule has 0 spiro atoms. The van der Waals surface area contributed by atoms with E-state index in [1.54, 1.807) is 19.1 Å². The fourth-order valence-corrected chi connectivity index (χ4v) is 2.84. The average molecular weight is 285 g/mol. The minimum atomic E-state index is -3.37. The van der Waals surface area contributed by atoms with Crippen LogP contribution in [0.3, 0.4) is 0 Å². The Balaban J connectivity index is 2.82. The van der Waals surface area contributed by atoms with Gasteiger partial charge in [0.25, 0.3) is 0 Å². The third-order valence-electron chi connectivity index (χ3n) is 2.91. The highest BCUT2D eigenvalue weighted by Gasteiger charge is 2.13. The molecule has 19 heavy (non-hydrogen) atoms. The summed E-state index contributed by atoms with van der Waals surface area (Å²) in [6, 6.07) is 6.87. The van der Waals surface area contributed by atoms with Gasteiger partial charge in [-0.15, -0.1) is 0 Å². The summed E-state index contributed by atoms with van der Waals surface area (Å²) in [5, 5.41) is 0. The summed E-state index contributed by atoms with van der Waals surface area (Å²) in [5.41, 5.74) is 6.58. The Bertz CT molecular complexity index is 485. The van der Waals surface area contributed by atoms with E-state index < -0.39 is 10.0 Å². The Morgan fingerprint density at radius 3 is 2.37 bits per heavy atom. The molecule has 6 heteroatoms. The van der Waals surface area contributed by atoms with Crippen molar-refractivity contribution in [2.75, 3.05) is 31.6 Å². The molecular weight excluding hydrogens is 262 g/mol. The number of benzene rings is 1. The number of nitrogens with one attached hydrogen (secondary N) is 1. The van der Waals surface area contributed by atoms with Crippen LogP contribution in [0.5, 0.6) is 0 Å². The quantitative estimate of drug-likeness (QED) is 0.784. The summed E-state index contributed by atoms with van der Waals surface area (Å²) in [6.45, 7) is 5.71. The van der Waals surface area contributed by atoms with E-state index in [-0.39, 0.29) is 0 Å². The predicted octanol–water partition coefficient (Wildman–Crippen LogP) is 1.02. The lowest BCUT2D eigenvalue weighted by Gasteiger charge is -2.22. The van der Waals surface area contributed by atoms with Gasteiger partial charge in [0.15, 0.2) is 0 Å². The van der Waals surface area contributed by atoms with Gasteiger partial charge in [0.05, 0.1) is 4.90 Å². The van der Waals surface area contributed by atoms with Crippen molar-refractivity contribution in [3.05, 3.63) is 24.3 Å². The molecular formula is C13H23N3O2S. The second-order valence-electron chi connectivity index (χ2n) is 4.72. The van der Waals surface area contributed by atoms with E-state index in [1.165, 1.54) is 0 Å². The Morgan fingerprint density at radius 2 is 1.89 bits per heavy atom. The molecule has 0 aliphatic heterocycles. The highest BCUT2D eigenvalue weighted by atomic mass is 32.2. The van der Waals surface area contributed by atoms with Gasteiger partial charge in [0.1, 0.15) is 0 Å². The SMILES string of the molecule is CCNS(=O)(=O)c1ccc(N(C)CC(C)CN)cc1. The second kappa shape index (κ2) is 6.88. The maximum atomic E-state index is 11.8. The van der Waals surface area contributed by atoms with Gasteiger partial charge >= 0.3 is 0 Å². The van der Waals surface area contributed by atoms with Gasteiger partial charge in [0, 0.05) is 25.8 Å². The highest BCUT2D eigenvalue weighted by Crippen LogP contribution is 2.17. The van der Waals surface area contributed by atoms with Gasteiger partial charge in [-0.2, -0.15) is 0 Å². The molecule has 1 aromatic carbocycles.